The number of aromatic nitrogens is 1. The molecule has 2 heterocycles. The number of anilines is 1. The van der Waals surface area contributed by atoms with Gasteiger partial charge in [-0.2, -0.15) is 8.78 Å². The largest absolute Gasteiger partial charge is 0.434 e. The Bertz CT molecular complexity index is 751. The number of rotatable bonds is 5. The molecule has 0 radical (unpaired) electrons. The summed E-state index contributed by atoms with van der Waals surface area (Å²) in [5.41, 5.74) is 6.53. The number of hydrogen-bond donors (Lipinski definition) is 1. The number of benzene rings is 1. The first-order valence-electron chi connectivity index (χ1n) is 7.95. The zero-order valence-electron chi connectivity index (χ0n) is 13.8. The first-order chi connectivity index (χ1) is 12.5. The number of piperazine rings is 1. The molecule has 1 aromatic carbocycles. The number of hydrogen-bond acceptors (Lipinski definition) is 5. The molecule has 0 amide bonds. The zero-order chi connectivity index (χ0) is 18.5. The third kappa shape index (κ3) is 4.73. The van der Waals surface area contributed by atoms with Gasteiger partial charge in [0.15, 0.2) is 11.1 Å². The third-order valence-electron chi connectivity index (χ3n) is 3.94. The average molecular weight is 402 g/mol. The van der Waals surface area contributed by atoms with Gasteiger partial charge in [0.2, 0.25) is 0 Å². The molecule has 1 fully saturated rings. The highest BCUT2D eigenvalue weighted by molar-refractivity contribution is 7.13. The van der Waals surface area contributed by atoms with Crippen molar-refractivity contribution in [3.8, 4) is 5.75 Å². The SMILES string of the molecule is NC(=NCc1cc(Cl)ccc1OC(F)F)N1CCN(c2nccs2)CC1. The smallest absolute Gasteiger partial charge is 0.387 e. The molecule has 1 aliphatic heterocycles. The van der Waals surface area contributed by atoms with Gasteiger partial charge in [-0.1, -0.05) is 11.6 Å². The molecule has 3 rings (SSSR count). The summed E-state index contributed by atoms with van der Waals surface area (Å²) in [5, 5.41) is 3.36. The fraction of sp³-hybridized carbons (Fsp3) is 0.375. The van der Waals surface area contributed by atoms with Crippen LogP contribution in [-0.4, -0.2) is 48.6 Å². The Balaban J connectivity index is 1.61. The van der Waals surface area contributed by atoms with Crippen LogP contribution >= 0.6 is 22.9 Å². The lowest BCUT2D eigenvalue weighted by Crippen LogP contribution is -2.51. The monoisotopic (exact) mass is 401 g/mol. The van der Waals surface area contributed by atoms with E-state index in [1.165, 1.54) is 12.1 Å². The number of guanidine groups is 1. The van der Waals surface area contributed by atoms with Gasteiger partial charge in [0.05, 0.1) is 6.54 Å². The minimum atomic E-state index is -2.91. The average Bonchev–Trinajstić information content (AvgIpc) is 3.16. The van der Waals surface area contributed by atoms with Crippen LogP contribution in [0.2, 0.25) is 5.02 Å². The highest BCUT2D eigenvalue weighted by atomic mass is 35.5. The van der Waals surface area contributed by atoms with Crippen molar-refractivity contribution < 1.29 is 13.5 Å². The number of ether oxygens (including phenoxy) is 1. The van der Waals surface area contributed by atoms with Crippen molar-refractivity contribution in [2.75, 3.05) is 31.1 Å². The quantitative estimate of drug-likeness (QED) is 0.616. The maximum Gasteiger partial charge on any atom is 0.387 e. The summed E-state index contributed by atoms with van der Waals surface area (Å²) in [4.78, 5) is 12.8. The Labute approximate surface area is 158 Å². The lowest BCUT2D eigenvalue weighted by Gasteiger charge is -2.35. The molecule has 0 spiro atoms. The van der Waals surface area contributed by atoms with Crippen molar-refractivity contribution in [2.45, 2.75) is 13.2 Å². The van der Waals surface area contributed by atoms with E-state index in [0.29, 0.717) is 29.6 Å². The van der Waals surface area contributed by atoms with Crippen LogP contribution in [-0.2, 0) is 6.54 Å². The third-order valence-corrected chi connectivity index (χ3v) is 5.01. The molecule has 10 heteroatoms. The second-order valence-electron chi connectivity index (χ2n) is 5.59. The van der Waals surface area contributed by atoms with E-state index in [9.17, 15) is 8.78 Å². The summed E-state index contributed by atoms with van der Waals surface area (Å²) in [6.07, 6.45) is 1.78. The summed E-state index contributed by atoms with van der Waals surface area (Å²) >= 11 is 7.54. The molecule has 1 saturated heterocycles. The van der Waals surface area contributed by atoms with Crippen LogP contribution in [0.25, 0.3) is 0 Å². The molecular formula is C16H18ClF2N5OS. The van der Waals surface area contributed by atoms with Crippen LogP contribution < -0.4 is 15.4 Å². The van der Waals surface area contributed by atoms with E-state index in [0.717, 1.165) is 18.2 Å². The molecule has 0 saturated carbocycles. The lowest BCUT2D eigenvalue weighted by atomic mass is 10.2. The van der Waals surface area contributed by atoms with Gasteiger partial charge in [0.25, 0.3) is 0 Å². The fourth-order valence-electron chi connectivity index (χ4n) is 2.65. The van der Waals surface area contributed by atoms with E-state index in [-0.39, 0.29) is 12.3 Å². The molecule has 2 aromatic rings. The summed E-state index contributed by atoms with van der Waals surface area (Å²) in [6.45, 7) is 0.216. The standard InChI is InChI=1S/C16H18ClF2N5OS/c17-12-1-2-13(25-14(18)19)11(9-12)10-22-15(20)23-4-6-24(7-5-23)16-21-3-8-26-16/h1-3,8-9,14H,4-7,10H2,(H2,20,22). The lowest BCUT2D eigenvalue weighted by molar-refractivity contribution is -0.0504. The number of halogens is 3. The van der Waals surface area contributed by atoms with E-state index < -0.39 is 6.61 Å². The second-order valence-corrected chi connectivity index (χ2v) is 6.90. The van der Waals surface area contributed by atoms with Crippen LogP contribution in [0.4, 0.5) is 13.9 Å². The fourth-order valence-corrected chi connectivity index (χ4v) is 3.54. The summed E-state index contributed by atoms with van der Waals surface area (Å²) in [7, 11) is 0. The molecule has 6 nitrogen and oxygen atoms in total. The van der Waals surface area contributed by atoms with Crippen molar-refractivity contribution in [1.29, 1.82) is 0 Å². The predicted molar refractivity (Wildman–Crippen MR) is 99.3 cm³/mol. The Hall–Kier alpha value is -2.13. The van der Waals surface area contributed by atoms with Gasteiger partial charge >= 0.3 is 6.61 Å². The maximum absolute atomic E-state index is 12.5. The summed E-state index contributed by atoms with van der Waals surface area (Å²) < 4.78 is 29.5. The number of nitrogens with zero attached hydrogens (tertiary/aromatic N) is 4. The van der Waals surface area contributed by atoms with Crippen molar-refractivity contribution in [1.82, 2.24) is 9.88 Å². The van der Waals surface area contributed by atoms with Crippen LogP contribution in [0.1, 0.15) is 5.56 Å². The molecule has 1 aromatic heterocycles. The number of nitrogens with two attached hydrogens (primary N) is 1. The molecule has 0 unspecified atom stereocenters. The highest BCUT2D eigenvalue weighted by Crippen LogP contribution is 2.25. The van der Waals surface area contributed by atoms with Crippen LogP contribution in [0.3, 0.4) is 0 Å². The van der Waals surface area contributed by atoms with Crippen molar-refractivity contribution in [3.05, 3.63) is 40.4 Å². The number of aliphatic imine (C=N–C) groups is 1. The Morgan fingerprint density at radius 2 is 2.12 bits per heavy atom. The zero-order valence-corrected chi connectivity index (χ0v) is 15.4. The van der Waals surface area contributed by atoms with E-state index in [1.54, 1.807) is 23.6 Å². The van der Waals surface area contributed by atoms with Gasteiger partial charge in [0.1, 0.15) is 5.75 Å². The molecule has 2 N–H and O–H groups in total. The van der Waals surface area contributed by atoms with Gasteiger partial charge in [-0.15, -0.1) is 11.3 Å². The summed E-state index contributed by atoms with van der Waals surface area (Å²) in [5.74, 6) is 0.418. The van der Waals surface area contributed by atoms with Crippen LogP contribution in [0.5, 0.6) is 5.75 Å². The van der Waals surface area contributed by atoms with Crippen LogP contribution in [0, 0.1) is 0 Å². The molecule has 0 atom stereocenters. The van der Waals surface area contributed by atoms with Gasteiger partial charge in [0, 0.05) is 48.3 Å². The molecule has 0 bridgehead atoms. The van der Waals surface area contributed by atoms with E-state index in [4.69, 9.17) is 17.3 Å². The summed E-state index contributed by atoms with van der Waals surface area (Å²) in [6, 6.07) is 4.45. The molecule has 26 heavy (non-hydrogen) atoms. The van der Waals surface area contributed by atoms with Crippen molar-refractivity contribution in [2.24, 2.45) is 10.7 Å². The molecule has 0 aliphatic carbocycles. The topological polar surface area (TPSA) is 67.0 Å². The first kappa shape index (κ1) is 18.7. The molecule has 1 aliphatic rings. The Morgan fingerprint density at radius 1 is 1.35 bits per heavy atom. The van der Waals surface area contributed by atoms with E-state index in [1.807, 2.05) is 10.3 Å². The van der Waals surface area contributed by atoms with Crippen molar-refractivity contribution in [3.63, 3.8) is 0 Å². The van der Waals surface area contributed by atoms with Crippen molar-refractivity contribution >= 4 is 34.0 Å². The highest BCUT2D eigenvalue weighted by Gasteiger charge is 2.20. The van der Waals surface area contributed by atoms with Gasteiger partial charge in [-0.05, 0) is 18.2 Å². The Kier molecular flexibility index (Phi) is 6.10. The minimum Gasteiger partial charge on any atom is -0.434 e. The molecular weight excluding hydrogens is 384 g/mol. The van der Waals surface area contributed by atoms with Gasteiger partial charge < -0.3 is 20.3 Å². The van der Waals surface area contributed by atoms with E-state index >= 15 is 0 Å². The predicted octanol–water partition coefficient (Wildman–Crippen LogP) is 3.03. The van der Waals surface area contributed by atoms with E-state index in [2.05, 4.69) is 19.6 Å². The van der Waals surface area contributed by atoms with Crippen LogP contribution in [0.15, 0.2) is 34.8 Å². The Morgan fingerprint density at radius 3 is 2.77 bits per heavy atom. The number of thiazole rings is 1. The van der Waals surface area contributed by atoms with Gasteiger partial charge in [-0.3, -0.25) is 0 Å². The van der Waals surface area contributed by atoms with Gasteiger partial charge in [-0.25, -0.2) is 9.98 Å². The second kappa shape index (κ2) is 8.50. The molecule has 140 valence electrons. The first-order valence-corrected chi connectivity index (χ1v) is 9.21. The minimum absolute atomic E-state index is 0.0505. The maximum atomic E-state index is 12.5. The normalized spacial score (nSPS) is 15.6. The number of alkyl halides is 2.